The number of hydrogen-bond acceptors (Lipinski definition) is 6. The van der Waals surface area contributed by atoms with Crippen LogP contribution in [0.2, 0.25) is 0 Å². The molecule has 1 N–H and O–H groups in total. The number of hydrogen-bond donors (Lipinski definition) is 1. The average Bonchev–Trinajstić information content (AvgIpc) is 3.39. The van der Waals surface area contributed by atoms with E-state index >= 15 is 0 Å². The summed E-state index contributed by atoms with van der Waals surface area (Å²) in [5.41, 5.74) is 3.27. The number of benzene rings is 1. The van der Waals surface area contributed by atoms with Gasteiger partial charge in [0.1, 0.15) is 11.5 Å². The molecule has 1 fully saturated rings. The zero-order chi connectivity index (χ0) is 23.4. The SMILES string of the molecule is CC.Cc1cnc(N2CCCCC2)nc1Nc1ccc2c(c1)cc(-n1ccnc1)c(=O)n2C. The average molecular weight is 446 g/mol. The number of fused-ring (bicyclic) bond motifs is 1. The summed E-state index contributed by atoms with van der Waals surface area (Å²) >= 11 is 0. The lowest BCUT2D eigenvalue weighted by atomic mass is 10.1. The Balaban J connectivity index is 0.00000126. The summed E-state index contributed by atoms with van der Waals surface area (Å²) in [7, 11) is 1.79. The van der Waals surface area contributed by atoms with Gasteiger partial charge in [0.05, 0.1) is 11.8 Å². The van der Waals surface area contributed by atoms with Crippen molar-refractivity contribution >= 4 is 28.4 Å². The maximum atomic E-state index is 12.8. The van der Waals surface area contributed by atoms with Gasteiger partial charge in [-0.2, -0.15) is 4.98 Å². The third-order valence-corrected chi connectivity index (χ3v) is 5.85. The molecule has 0 bridgehead atoms. The first-order chi connectivity index (χ1) is 16.1. The lowest BCUT2D eigenvalue weighted by Crippen LogP contribution is -2.31. The first-order valence-corrected chi connectivity index (χ1v) is 11.6. The van der Waals surface area contributed by atoms with Gasteiger partial charge in [-0.3, -0.25) is 4.79 Å². The number of piperidine rings is 1. The van der Waals surface area contributed by atoms with E-state index in [9.17, 15) is 4.79 Å². The minimum Gasteiger partial charge on any atom is -0.341 e. The first kappa shape index (κ1) is 22.5. The van der Waals surface area contributed by atoms with Crippen LogP contribution in [0.15, 0.2) is 54.0 Å². The molecule has 0 spiro atoms. The van der Waals surface area contributed by atoms with Gasteiger partial charge in [-0.1, -0.05) is 13.8 Å². The number of pyridine rings is 1. The Bertz CT molecular complexity index is 1290. The van der Waals surface area contributed by atoms with E-state index < -0.39 is 0 Å². The normalized spacial score (nSPS) is 13.5. The van der Waals surface area contributed by atoms with Crippen LogP contribution in [-0.2, 0) is 7.05 Å². The van der Waals surface area contributed by atoms with Gasteiger partial charge in [0.2, 0.25) is 5.95 Å². The lowest BCUT2D eigenvalue weighted by Gasteiger charge is -2.27. The fraction of sp³-hybridized carbons (Fsp3) is 0.360. The zero-order valence-corrected chi connectivity index (χ0v) is 19.7. The van der Waals surface area contributed by atoms with Crippen molar-refractivity contribution in [2.24, 2.45) is 7.05 Å². The molecule has 172 valence electrons. The van der Waals surface area contributed by atoms with Crippen LogP contribution in [-0.4, -0.2) is 37.2 Å². The summed E-state index contributed by atoms with van der Waals surface area (Å²) in [6.45, 7) is 8.01. The van der Waals surface area contributed by atoms with E-state index in [4.69, 9.17) is 4.98 Å². The van der Waals surface area contributed by atoms with Crippen molar-refractivity contribution in [1.29, 1.82) is 0 Å². The Kier molecular flexibility index (Phi) is 6.72. The molecule has 0 saturated carbocycles. The van der Waals surface area contributed by atoms with Crippen LogP contribution in [0.1, 0.15) is 38.7 Å². The molecule has 4 heterocycles. The third-order valence-electron chi connectivity index (χ3n) is 5.85. The van der Waals surface area contributed by atoms with E-state index in [1.165, 1.54) is 19.3 Å². The highest BCUT2D eigenvalue weighted by molar-refractivity contribution is 5.85. The van der Waals surface area contributed by atoms with Crippen molar-refractivity contribution in [1.82, 2.24) is 24.1 Å². The molecule has 0 amide bonds. The minimum absolute atomic E-state index is 0.0657. The largest absolute Gasteiger partial charge is 0.341 e. The predicted molar refractivity (Wildman–Crippen MR) is 134 cm³/mol. The number of rotatable bonds is 4. The summed E-state index contributed by atoms with van der Waals surface area (Å²) in [5, 5.41) is 4.41. The van der Waals surface area contributed by atoms with Crippen LogP contribution >= 0.6 is 0 Å². The smallest absolute Gasteiger partial charge is 0.275 e. The standard InChI is InChI=1S/C23H25N7O.C2H6/c1-16-14-25-23(29-9-4-3-5-10-29)27-21(16)26-18-6-7-19-17(12-18)13-20(22(31)28(19)2)30-11-8-24-15-30;1-2/h6-8,11-15H,3-5,9-10H2,1-2H3,(H,25,26,27);1-2H3. The maximum absolute atomic E-state index is 12.8. The van der Waals surface area contributed by atoms with E-state index in [1.807, 2.05) is 51.2 Å². The van der Waals surface area contributed by atoms with Crippen molar-refractivity contribution in [3.63, 3.8) is 0 Å². The number of nitrogens with zero attached hydrogens (tertiary/aromatic N) is 6. The van der Waals surface area contributed by atoms with Gasteiger partial charge in [-0.05, 0) is 50.5 Å². The lowest BCUT2D eigenvalue weighted by molar-refractivity contribution is 0.568. The molecule has 5 rings (SSSR count). The van der Waals surface area contributed by atoms with Crippen molar-refractivity contribution in [2.75, 3.05) is 23.3 Å². The Morgan fingerprint density at radius 3 is 2.58 bits per heavy atom. The van der Waals surface area contributed by atoms with Crippen molar-refractivity contribution in [3.05, 3.63) is 65.1 Å². The van der Waals surface area contributed by atoms with Crippen LogP contribution < -0.4 is 15.8 Å². The van der Waals surface area contributed by atoms with Gasteiger partial charge in [0.25, 0.3) is 5.56 Å². The number of anilines is 3. The fourth-order valence-corrected chi connectivity index (χ4v) is 4.07. The van der Waals surface area contributed by atoms with E-state index in [1.54, 1.807) is 34.9 Å². The summed E-state index contributed by atoms with van der Waals surface area (Å²) in [6, 6.07) is 7.87. The molecule has 4 aromatic rings. The van der Waals surface area contributed by atoms with Crippen LogP contribution in [0, 0.1) is 6.92 Å². The molecule has 0 radical (unpaired) electrons. The van der Waals surface area contributed by atoms with Gasteiger partial charge in [-0.15, -0.1) is 0 Å². The number of nitrogens with one attached hydrogen (secondary N) is 1. The molecule has 8 nitrogen and oxygen atoms in total. The van der Waals surface area contributed by atoms with Gasteiger partial charge in [0.15, 0.2) is 0 Å². The molecule has 1 saturated heterocycles. The highest BCUT2D eigenvalue weighted by Crippen LogP contribution is 2.25. The molecule has 33 heavy (non-hydrogen) atoms. The quantitative estimate of drug-likeness (QED) is 0.495. The summed E-state index contributed by atoms with van der Waals surface area (Å²) in [4.78, 5) is 28.4. The predicted octanol–water partition coefficient (Wildman–Crippen LogP) is 4.58. The second kappa shape index (κ2) is 9.85. The molecular formula is C25H31N7O. The molecule has 1 aliphatic heterocycles. The number of aromatic nitrogens is 5. The van der Waals surface area contributed by atoms with Crippen molar-refractivity contribution in [3.8, 4) is 5.69 Å². The molecule has 0 unspecified atom stereocenters. The van der Waals surface area contributed by atoms with Crippen LogP contribution in [0.25, 0.3) is 16.6 Å². The topological polar surface area (TPSA) is 80.9 Å². The summed E-state index contributed by atoms with van der Waals surface area (Å²) < 4.78 is 3.40. The van der Waals surface area contributed by atoms with Gasteiger partial charge in [0, 0.05) is 55.4 Å². The molecule has 0 atom stereocenters. The van der Waals surface area contributed by atoms with Crippen molar-refractivity contribution < 1.29 is 0 Å². The van der Waals surface area contributed by atoms with E-state index in [2.05, 4.69) is 20.2 Å². The Morgan fingerprint density at radius 1 is 1.06 bits per heavy atom. The summed E-state index contributed by atoms with van der Waals surface area (Å²) in [5.74, 6) is 1.58. The van der Waals surface area contributed by atoms with E-state index in [0.29, 0.717) is 5.69 Å². The van der Waals surface area contributed by atoms with Crippen LogP contribution in [0.4, 0.5) is 17.5 Å². The van der Waals surface area contributed by atoms with E-state index in [-0.39, 0.29) is 5.56 Å². The molecule has 8 heteroatoms. The maximum Gasteiger partial charge on any atom is 0.275 e. The fourth-order valence-electron chi connectivity index (χ4n) is 4.07. The first-order valence-electron chi connectivity index (χ1n) is 11.6. The minimum atomic E-state index is -0.0657. The highest BCUT2D eigenvalue weighted by atomic mass is 16.1. The number of imidazole rings is 1. The Morgan fingerprint density at radius 2 is 1.85 bits per heavy atom. The Hall–Kier alpha value is -3.68. The molecular weight excluding hydrogens is 414 g/mol. The second-order valence-corrected chi connectivity index (χ2v) is 8.01. The van der Waals surface area contributed by atoms with E-state index in [0.717, 1.165) is 47.0 Å². The highest BCUT2D eigenvalue weighted by Gasteiger charge is 2.15. The van der Waals surface area contributed by atoms with Gasteiger partial charge < -0.3 is 19.4 Å². The Labute approximate surface area is 193 Å². The third kappa shape index (κ3) is 4.60. The van der Waals surface area contributed by atoms with Gasteiger partial charge >= 0.3 is 0 Å². The molecule has 1 aliphatic rings. The molecule has 1 aromatic carbocycles. The summed E-state index contributed by atoms with van der Waals surface area (Å²) in [6.07, 6.45) is 10.6. The number of aryl methyl sites for hydroxylation is 2. The van der Waals surface area contributed by atoms with Crippen molar-refractivity contribution in [2.45, 2.75) is 40.0 Å². The monoisotopic (exact) mass is 445 g/mol. The molecule has 0 aliphatic carbocycles. The zero-order valence-electron chi connectivity index (χ0n) is 19.7. The van der Waals surface area contributed by atoms with Crippen LogP contribution in [0.3, 0.4) is 0 Å². The van der Waals surface area contributed by atoms with Gasteiger partial charge in [-0.25, -0.2) is 9.97 Å². The van der Waals surface area contributed by atoms with Crippen LogP contribution in [0.5, 0.6) is 0 Å². The molecule has 3 aromatic heterocycles. The second-order valence-electron chi connectivity index (χ2n) is 8.01.